The highest BCUT2D eigenvalue weighted by Gasteiger charge is 2.26. The van der Waals surface area contributed by atoms with Crippen LogP contribution in [0.15, 0.2) is 0 Å². The second kappa shape index (κ2) is 8.34. The highest BCUT2D eigenvalue weighted by Crippen LogP contribution is 2.07. The van der Waals surface area contributed by atoms with Gasteiger partial charge in [-0.2, -0.15) is 0 Å². The molecular weight excluding hydrogens is 254 g/mol. The summed E-state index contributed by atoms with van der Waals surface area (Å²) in [4.78, 5) is 33.5. The summed E-state index contributed by atoms with van der Waals surface area (Å²) in [5.41, 5.74) is 0. The molecule has 0 aliphatic rings. The molecule has 0 heterocycles. The Hall–Kier alpha value is -1.79. The van der Waals surface area contributed by atoms with Crippen molar-refractivity contribution in [2.24, 2.45) is 11.8 Å². The molecule has 110 valence electrons. The number of amides is 1. The molecule has 0 aliphatic carbocycles. The van der Waals surface area contributed by atoms with Gasteiger partial charge in [-0.05, 0) is 6.92 Å². The third kappa shape index (κ3) is 6.64. The van der Waals surface area contributed by atoms with E-state index in [1.54, 1.807) is 27.7 Å². The first-order valence-corrected chi connectivity index (χ1v) is 6.13. The lowest BCUT2D eigenvalue weighted by Gasteiger charge is -2.18. The minimum absolute atomic E-state index is 0.0299. The molecule has 0 rings (SSSR count). The normalized spacial score (nSPS) is 13.5. The summed E-state index contributed by atoms with van der Waals surface area (Å²) in [7, 11) is 0. The predicted octanol–water partition coefficient (Wildman–Crippen LogP) is 1.02. The van der Waals surface area contributed by atoms with Crippen LogP contribution in [0.2, 0.25) is 0 Å². The number of hydrogen-bond acceptors (Lipinski definition) is 5. The molecule has 0 fully saturated rings. The second-order valence-corrected chi connectivity index (χ2v) is 4.44. The van der Waals surface area contributed by atoms with Crippen molar-refractivity contribution in [2.75, 3.05) is 13.2 Å². The largest absolute Gasteiger partial charge is 0.478 e. The van der Waals surface area contributed by atoms with Crippen molar-refractivity contribution in [3.05, 3.63) is 0 Å². The van der Waals surface area contributed by atoms with Crippen LogP contribution in [0.25, 0.3) is 0 Å². The van der Waals surface area contributed by atoms with Crippen LogP contribution in [0.4, 0.5) is 4.79 Å². The van der Waals surface area contributed by atoms with Gasteiger partial charge < -0.3 is 19.9 Å². The fourth-order valence-electron chi connectivity index (χ4n) is 1.23. The fourth-order valence-corrected chi connectivity index (χ4v) is 1.23. The Morgan fingerprint density at radius 2 is 1.79 bits per heavy atom. The number of hydrogen-bond donors (Lipinski definition) is 2. The molecule has 0 aliphatic heterocycles. The summed E-state index contributed by atoms with van der Waals surface area (Å²) in [5, 5.41) is 11.2. The van der Waals surface area contributed by atoms with Crippen molar-refractivity contribution in [1.82, 2.24) is 5.32 Å². The van der Waals surface area contributed by atoms with Gasteiger partial charge in [-0.15, -0.1) is 0 Å². The SMILES string of the molecule is CCOC(=O)C(C)CNC(=O)O[C@H](C(=O)O)C(C)C. The first-order chi connectivity index (χ1) is 8.79. The van der Waals surface area contributed by atoms with Gasteiger partial charge in [0.2, 0.25) is 6.10 Å². The first kappa shape index (κ1) is 17.2. The van der Waals surface area contributed by atoms with Gasteiger partial charge in [0.05, 0.1) is 12.5 Å². The minimum Gasteiger partial charge on any atom is -0.478 e. The Balaban J connectivity index is 4.18. The van der Waals surface area contributed by atoms with Crippen molar-refractivity contribution in [3.8, 4) is 0 Å². The van der Waals surface area contributed by atoms with E-state index in [9.17, 15) is 14.4 Å². The van der Waals surface area contributed by atoms with Gasteiger partial charge in [0.1, 0.15) is 0 Å². The van der Waals surface area contributed by atoms with Gasteiger partial charge in [0.25, 0.3) is 0 Å². The Bertz CT molecular complexity index is 328. The Labute approximate surface area is 112 Å². The first-order valence-electron chi connectivity index (χ1n) is 6.13. The van der Waals surface area contributed by atoms with E-state index in [-0.39, 0.29) is 19.1 Å². The minimum atomic E-state index is -1.21. The van der Waals surface area contributed by atoms with Crippen molar-refractivity contribution < 1.29 is 29.0 Å². The van der Waals surface area contributed by atoms with E-state index in [1.807, 2.05) is 0 Å². The Kier molecular flexibility index (Phi) is 7.55. The van der Waals surface area contributed by atoms with E-state index in [0.717, 1.165) is 0 Å². The Morgan fingerprint density at radius 1 is 1.21 bits per heavy atom. The molecule has 0 aromatic rings. The van der Waals surface area contributed by atoms with Crippen LogP contribution in [-0.2, 0) is 19.1 Å². The summed E-state index contributed by atoms with van der Waals surface area (Å²) >= 11 is 0. The molecule has 0 bridgehead atoms. The third-order valence-electron chi connectivity index (χ3n) is 2.32. The highest BCUT2D eigenvalue weighted by molar-refractivity contribution is 5.78. The molecule has 0 saturated heterocycles. The fraction of sp³-hybridized carbons (Fsp3) is 0.750. The molecule has 2 atom stereocenters. The van der Waals surface area contributed by atoms with Crippen molar-refractivity contribution in [1.29, 1.82) is 0 Å². The maximum atomic E-state index is 11.4. The van der Waals surface area contributed by atoms with Crippen LogP contribution in [-0.4, -0.2) is 42.4 Å². The van der Waals surface area contributed by atoms with Gasteiger partial charge in [0.15, 0.2) is 0 Å². The lowest BCUT2D eigenvalue weighted by molar-refractivity contribution is -0.150. The van der Waals surface area contributed by atoms with Crippen LogP contribution in [0, 0.1) is 11.8 Å². The lowest BCUT2D eigenvalue weighted by atomic mass is 10.1. The number of carboxylic acids is 1. The number of esters is 1. The van der Waals surface area contributed by atoms with Gasteiger partial charge >= 0.3 is 18.0 Å². The number of aliphatic carboxylic acids is 1. The zero-order chi connectivity index (χ0) is 15.0. The van der Waals surface area contributed by atoms with Crippen LogP contribution in [0.3, 0.4) is 0 Å². The quantitative estimate of drug-likeness (QED) is 0.672. The summed E-state index contributed by atoms with van der Waals surface area (Å²) in [6.45, 7) is 6.84. The highest BCUT2D eigenvalue weighted by atomic mass is 16.6. The van der Waals surface area contributed by atoms with Crippen LogP contribution in [0.5, 0.6) is 0 Å². The molecule has 0 aromatic heterocycles. The topological polar surface area (TPSA) is 102 Å². The van der Waals surface area contributed by atoms with Crippen molar-refractivity contribution in [2.45, 2.75) is 33.8 Å². The van der Waals surface area contributed by atoms with E-state index in [1.165, 1.54) is 0 Å². The third-order valence-corrected chi connectivity index (χ3v) is 2.32. The van der Waals surface area contributed by atoms with E-state index < -0.39 is 30.1 Å². The molecule has 1 unspecified atom stereocenters. The molecule has 2 N–H and O–H groups in total. The molecule has 0 spiro atoms. The molecule has 7 heteroatoms. The summed E-state index contributed by atoms with van der Waals surface area (Å²) in [6.07, 6.45) is -2.07. The van der Waals surface area contributed by atoms with Crippen LogP contribution < -0.4 is 5.32 Å². The molecule has 19 heavy (non-hydrogen) atoms. The van der Waals surface area contributed by atoms with E-state index >= 15 is 0 Å². The average molecular weight is 275 g/mol. The molecule has 7 nitrogen and oxygen atoms in total. The predicted molar refractivity (Wildman–Crippen MR) is 66.5 cm³/mol. The monoisotopic (exact) mass is 275 g/mol. The van der Waals surface area contributed by atoms with E-state index in [0.29, 0.717) is 0 Å². The van der Waals surface area contributed by atoms with Gasteiger partial charge in [0, 0.05) is 12.5 Å². The molecule has 0 radical (unpaired) electrons. The molecule has 1 amide bonds. The zero-order valence-electron chi connectivity index (χ0n) is 11.6. The van der Waals surface area contributed by atoms with Crippen molar-refractivity contribution in [3.63, 3.8) is 0 Å². The van der Waals surface area contributed by atoms with Gasteiger partial charge in [-0.1, -0.05) is 20.8 Å². The Morgan fingerprint density at radius 3 is 2.21 bits per heavy atom. The number of ether oxygens (including phenoxy) is 2. The van der Waals surface area contributed by atoms with Gasteiger partial charge in [-0.3, -0.25) is 4.79 Å². The smallest absolute Gasteiger partial charge is 0.408 e. The number of carboxylic acid groups (broad SMARTS) is 1. The number of rotatable bonds is 7. The number of carbonyl (C=O) groups excluding carboxylic acids is 2. The van der Waals surface area contributed by atoms with Crippen molar-refractivity contribution >= 4 is 18.0 Å². The maximum absolute atomic E-state index is 11.4. The molecule has 0 saturated carbocycles. The number of alkyl carbamates (subject to hydrolysis) is 1. The summed E-state index contributed by atoms with van der Waals surface area (Å²) < 4.78 is 9.53. The standard InChI is InChI=1S/C12H21NO6/c1-5-18-11(16)8(4)6-13-12(17)19-9(7(2)3)10(14)15/h7-9H,5-6H2,1-4H3,(H,13,17)(H,14,15)/t8?,9-/m0/s1. The van der Waals surface area contributed by atoms with Crippen LogP contribution in [0.1, 0.15) is 27.7 Å². The average Bonchev–Trinajstić information content (AvgIpc) is 2.32. The van der Waals surface area contributed by atoms with Gasteiger partial charge in [-0.25, -0.2) is 9.59 Å². The van der Waals surface area contributed by atoms with Crippen LogP contribution >= 0.6 is 0 Å². The summed E-state index contributed by atoms with van der Waals surface area (Å²) in [6, 6.07) is 0. The number of nitrogens with one attached hydrogen (secondary N) is 1. The second-order valence-electron chi connectivity index (χ2n) is 4.44. The number of carbonyl (C=O) groups is 3. The molecular formula is C12H21NO6. The van der Waals surface area contributed by atoms with E-state index in [2.05, 4.69) is 5.32 Å². The van der Waals surface area contributed by atoms with E-state index in [4.69, 9.17) is 14.6 Å². The molecule has 0 aromatic carbocycles. The lowest BCUT2D eigenvalue weighted by Crippen LogP contribution is -2.39. The zero-order valence-corrected chi connectivity index (χ0v) is 11.6. The summed E-state index contributed by atoms with van der Waals surface area (Å²) in [5.74, 6) is -2.49. The maximum Gasteiger partial charge on any atom is 0.408 e.